The van der Waals surface area contributed by atoms with Gasteiger partial charge in [-0.15, -0.1) is 0 Å². The van der Waals surface area contributed by atoms with E-state index in [1.54, 1.807) is 0 Å². The first-order valence-corrected chi connectivity index (χ1v) is 4.99. The number of β-amino-alcohol motifs (C(OH)–C–C–N with tert-alkyl or cyclic N) is 1. The van der Waals surface area contributed by atoms with Crippen molar-refractivity contribution in [1.82, 2.24) is 4.90 Å². The van der Waals surface area contributed by atoms with Crippen LogP contribution < -0.4 is 5.73 Å². The fourth-order valence-electron chi connectivity index (χ4n) is 1.96. The van der Waals surface area contributed by atoms with Crippen LogP contribution in [0.4, 0.5) is 0 Å². The van der Waals surface area contributed by atoms with E-state index in [9.17, 15) is 5.11 Å². The van der Waals surface area contributed by atoms with Gasteiger partial charge in [0, 0.05) is 18.6 Å². The van der Waals surface area contributed by atoms with Crippen LogP contribution in [0.2, 0.25) is 0 Å². The van der Waals surface area contributed by atoms with Crippen LogP contribution in [0.3, 0.4) is 0 Å². The third kappa shape index (κ3) is 1.73. The molecule has 1 fully saturated rings. The quantitative estimate of drug-likeness (QED) is 0.657. The second-order valence-corrected chi connectivity index (χ2v) is 4.96. The summed E-state index contributed by atoms with van der Waals surface area (Å²) in [6, 6.07) is 0. The maximum atomic E-state index is 10.4. The van der Waals surface area contributed by atoms with Crippen LogP contribution >= 0.6 is 0 Å². The van der Waals surface area contributed by atoms with E-state index in [-0.39, 0.29) is 0 Å². The number of likely N-dealkylation sites (N-methyl/N-ethyl adjacent to an activating group) is 1. The first kappa shape index (κ1) is 11.0. The molecular weight excluding hydrogens is 164 g/mol. The minimum Gasteiger partial charge on any atom is -0.387 e. The van der Waals surface area contributed by atoms with Gasteiger partial charge in [0.05, 0.1) is 5.60 Å². The highest BCUT2D eigenvalue weighted by Crippen LogP contribution is 2.34. The van der Waals surface area contributed by atoms with Crippen LogP contribution in [0.5, 0.6) is 0 Å². The Labute approximate surface area is 80.9 Å². The van der Waals surface area contributed by atoms with Crippen LogP contribution in [0.15, 0.2) is 0 Å². The highest BCUT2D eigenvalue weighted by atomic mass is 16.3. The Kier molecular flexibility index (Phi) is 2.72. The Morgan fingerprint density at radius 3 is 2.38 bits per heavy atom. The van der Waals surface area contributed by atoms with E-state index in [2.05, 4.69) is 18.7 Å². The Hall–Kier alpha value is -0.120. The molecule has 78 valence electrons. The van der Waals surface area contributed by atoms with E-state index in [0.717, 1.165) is 13.0 Å². The third-order valence-electron chi connectivity index (χ3n) is 3.64. The molecule has 0 aromatic carbocycles. The number of rotatable bonds is 2. The minimum absolute atomic E-state index is 0.295. The lowest BCUT2D eigenvalue weighted by atomic mass is 9.73. The van der Waals surface area contributed by atoms with Crippen LogP contribution in [-0.4, -0.2) is 41.3 Å². The summed E-state index contributed by atoms with van der Waals surface area (Å²) in [5.41, 5.74) is 4.98. The van der Waals surface area contributed by atoms with Crippen molar-refractivity contribution in [2.75, 3.05) is 20.1 Å². The summed E-state index contributed by atoms with van der Waals surface area (Å²) >= 11 is 0. The standard InChI is InChI=1S/C10H22N2O/c1-8(2)9(3,11)10(13)5-6-12(4)7-10/h8,13H,5-7,11H2,1-4H3. The average Bonchev–Trinajstić information content (AvgIpc) is 2.32. The lowest BCUT2D eigenvalue weighted by Gasteiger charge is -2.42. The molecule has 3 nitrogen and oxygen atoms in total. The summed E-state index contributed by atoms with van der Waals surface area (Å²) in [5.74, 6) is 0.295. The predicted octanol–water partition coefficient (Wildman–Crippen LogP) is 0.426. The van der Waals surface area contributed by atoms with E-state index < -0.39 is 11.1 Å². The van der Waals surface area contributed by atoms with Crippen molar-refractivity contribution >= 4 is 0 Å². The fraction of sp³-hybridized carbons (Fsp3) is 1.00. The first-order chi connectivity index (χ1) is 5.79. The van der Waals surface area contributed by atoms with Gasteiger partial charge in [-0.2, -0.15) is 0 Å². The largest absolute Gasteiger partial charge is 0.387 e. The van der Waals surface area contributed by atoms with Gasteiger partial charge in [-0.05, 0) is 26.3 Å². The van der Waals surface area contributed by atoms with Crippen LogP contribution in [-0.2, 0) is 0 Å². The van der Waals surface area contributed by atoms with Crippen molar-refractivity contribution in [1.29, 1.82) is 0 Å². The van der Waals surface area contributed by atoms with Crippen LogP contribution in [0.1, 0.15) is 27.2 Å². The van der Waals surface area contributed by atoms with Crippen molar-refractivity contribution in [2.45, 2.75) is 38.3 Å². The third-order valence-corrected chi connectivity index (χ3v) is 3.64. The van der Waals surface area contributed by atoms with Gasteiger partial charge in [0.25, 0.3) is 0 Å². The van der Waals surface area contributed by atoms with Gasteiger partial charge in [0.1, 0.15) is 0 Å². The van der Waals surface area contributed by atoms with Gasteiger partial charge in [-0.1, -0.05) is 13.8 Å². The Morgan fingerprint density at radius 1 is 1.54 bits per heavy atom. The zero-order valence-corrected chi connectivity index (χ0v) is 9.17. The summed E-state index contributed by atoms with van der Waals surface area (Å²) < 4.78 is 0. The number of nitrogens with zero attached hydrogens (tertiary/aromatic N) is 1. The minimum atomic E-state index is -0.712. The zero-order valence-electron chi connectivity index (χ0n) is 9.17. The van der Waals surface area contributed by atoms with Crippen molar-refractivity contribution in [3.8, 4) is 0 Å². The van der Waals surface area contributed by atoms with Gasteiger partial charge in [-0.3, -0.25) is 0 Å². The molecule has 13 heavy (non-hydrogen) atoms. The summed E-state index contributed by atoms with van der Waals surface area (Å²) in [6.07, 6.45) is 0.786. The van der Waals surface area contributed by atoms with E-state index >= 15 is 0 Å². The van der Waals surface area contributed by atoms with Crippen LogP contribution in [0, 0.1) is 5.92 Å². The number of hydrogen-bond acceptors (Lipinski definition) is 3. The molecule has 2 unspecified atom stereocenters. The van der Waals surface area contributed by atoms with Crippen LogP contribution in [0.25, 0.3) is 0 Å². The molecule has 0 aliphatic carbocycles. The monoisotopic (exact) mass is 186 g/mol. The molecule has 0 amide bonds. The van der Waals surface area contributed by atoms with Gasteiger partial charge in [0.15, 0.2) is 0 Å². The molecule has 1 rings (SSSR count). The number of aliphatic hydroxyl groups is 1. The molecule has 3 N–H and O–H groups in total. The van der Waals surface area contributed by atoms with E-state index in [1.165, 1.54) is 0 Å². The molecule has 1 aliphatic heterocycles. The Balaban J connectivity index is 2.80. The summed E-state index contributed by atoms with van der Waals surface area (Å²) in [6.45, 7) is 7.72. The lowest BCUT2D eigenvalue weighted by Crippen LogP contribution is -2.62. The Bertz CT molecular complexity index is 191. The molecule has 3 heteroatoms. The van der Waals surface area contributed by atoms with Crippen molar-refractivity contribution < 1.29 is 5.11 Å². The lowest BCUT2D eigenvalue weighted by molar-refractivity contribution is -0.0370. The molecule has 0 spiro atoms. The molecule has 0 aromatic rings. The van der Waals surface area contributed by atoms with Gasteiger partial charge < -0.3 is 15.7 Å². The second kappa shape index (κ2) is 3.23. The number of nitrogens with two attached hydrogens (primary N) is 1. The van der Waals surface area contributed by atoms with Gasteiger partial charge in [-0.25, -0.2) is 0 Å². The number of hydrogen-bond donors (Lipinski definition) is 2. The van der Waals surface area contributed by atoms with Crippen molar-refractivity contribution in [3.05, 3.63) is 0 Å². The maximum absolute atomic E-state index is 10.4. The first-order valence-electron chi connectivity index (χ1n) is 4.99. The van der Waals surface area contributed by atoms with Gasteiger partial charge >= 0.3 is 0 Å². The average molecular weight is 186 g/mol. The molecule has 0 bridgehead atoms. The molecular formula is C10H22N2O. The molecule has 0 aromatic heterocycles. The summed E-state index contributed by atoms with van der Waals surface area (Å²) in [4.78, 5) is 2.13. The second-order valence-electron chi connectivity index (χ2n) is 4.96. The van der Waals surface area contributed by atoms with E-state index in [4.69, 9.17) is 5.73 Å². The van der Waals surface area contributed by atoms with Crippen molar-refractivity contribution in [2.24, 2.45) is 11.7 Å². The highest BCUT2D eigenvalue weighted by Gasteiger charge is 2.49. The van der Waals surface area contributed by atoms with E-state index in [0.29, 0.717) is 12.5 Å². The summed E-state index contributed by atoms with van der Waals surface area (Å²) in [7, 11) is 2.02. The molecule has 1 saturated heterocycles. The normalized spacial score (nSPS) is 35.3. The molecule has 0 saturated carbocycles. The summed E-state index contributed by atoms with van der Waals surface area (Å²) in [5, 5.41) is 10.4. The molecule has 0 radical (unpaired) electrons. The SMILES string of the molecule is CC(C)C(C)(N)C1(O)CCN(C)C1. The van der Waals surface area contributed by atoms with Gasteiger partial charge in [0.2, 0.25) is 0 Å². The number of likely N-dealkylation sites (tertiary alicyclic amines) is 1. The Morgan fingerprint density at radius 2 is 2.08 bits per heavy atom. The van der Waals surface area contributed by atoms with E-state index in [1.807, 2.05) is 14.0 Å². The highest BCUT2D eigenvalue weighted by molar-refractivity contribution is 5.07. The van der Waals surface area contributed by atoms with Crippen molar-refractivity contribution in [3.63, 3.8) is 0 Å². The topological polar surface area (TPSA) is 49.5 Å². The molecule has 1 aliphatic rings. The zero-order chi connectivity index (χ0) is 10.3. The maximum Gasteiger partial charge on any atom is 0.0964 e. The smallest absolute Gasteiger partial charge is 0.0964 e. The molecule has 1 heterocycles. The predicted molar refractivity (Wildman–Crippen MR) is 54.5 cm³/mol. The molecule has 2 atom stereocenters. The fourth-order valence-corrected chi connectivity index (χ4v) is 1.96.